The maximum absolute atomic E-state index is 10.6. The Labute approximate surface area is 93.5 Å². The van der Waals surface area contributed by atoms with E-state index < -0.39 is 0 Å². The van der Waals surface area contributed by atoms with Crippen LogP contribution in [-0.4, -0.2) is 4.92 Å². The number of rotatable bonds is 3. The van der Waals surface area contributed by atoms with E-state index in [9.17, 15) is 10.1 Å². The standard InChI is InChI=1S/C13H10NO2/c15-14(16)13-8-4-7-12(10-13)9-11-5-2-1-3-6-11/h1-5,7-8,10H,9H2. The second kappa shape index (κ2) is 4.57. The molecule has 2 aromatic carbocycles. The van der Waals surface area contributed by atoms with E-state index in [0.717, 1.165) is 11.1 Å². The van der Waals surface area contributed by atoms with Gasteiger partial charge in [0.1, 0.15) is 0 Å². The molecule has 79 valence electrons. The van der Waals surface area contributed by atoms with Crippen molar-refractivity contribution in [3.63, 3.8) is 0 Å². The van der Waals surface area contributed by atoms with Gasteiger partial charge in [-0.05, 0) is 23.6 Å². The van der Waals surface area contributed by atoms with Gasteiger partial charge in [0.15, 0.2) is 0 Å². The Balaban J connectivity index is 2.22. The summed E-state index contributed by atoms with van der Waals surface area (Å²) < 4.78 is 0. The Morgan fingerprint density at radius 1 is 1.19 bits per heavy atom. The highest BCUT2D eigenvalue weighted by molar-refractivity contribution is 5.36. The minimum absolute atomic E-state index is 0.133. The summed E-state index contributed by atoms with van der Waals surface area (Å²) in [5.41, 5.74) is 2.09. The van der Waals surface area contributed by atoms with Gasteiger partial charge in [-0.2, -0.15) is 0 Å². The van der Waals surface area contributed by atoms with E-state index in [1.54, 1.807) is 12.1 Å². The molecule has 0 heterocycles. The summed E-state index contributed by atoms with van der Waals surface area (Å²) in [6.07, 6.45) is 0.669. The summed E-state index contributed by atoms with van der Waals surface area (Å²) in [7, 11) is 0. The molecule has 3 heteroatoms. The average molecular weight is 212 g/mol. The number of nitrogens with zero attached hydrogens (tertiary/aromatic N) is 1. The monoisotopic (exact) mass is 212 g/mol. The van der Waals surface area contributed by atoms with Crippen LogP contribution < -0.4 is 0 Å². The topological polar surface area (TPSA) is 43.1 Å². The highest BCUT2D eigenvalue weighted by atomic mass is 16.6. The van der Waals surface area contributed by atoms with Gasteiger partial charge in [0, 0.05) is 12.1 Å². The van der Waals surface area contributed by atoms with E-state index in [4.69, 9.17) is 0 Å². The van der Waals surface area contributed by atoms with E-state index >= 15 is 0 Å². The molecule has 0 unspecified atom stereocenters. The molecular weight excluding hydrogens is 202 g/mol. The second-order valence-corrected chi connectivity index (χ2v) is 3.49. The van der Waals surface area contributed by atoms with Gasteiger partial charge in [0.2, 0.25) is 0 Å². The summed E-state index contributed by atoms with van der Waals surface area (Å²) in [6, 6.07) is 17.4. The second-order valence-electron chi connectivity index (χ2n) is 3.49. The SMILES string of the molecule is O=[N+]([O-])c1cccc(Cc2[c]cccc2)c1. The molecule has 2 rings (SSSR count). The van der Waals surface area contributed by atoms with E-state index in [2.05, 4.69) is 6.07 Å². The Morgan fingerprint density at radius 2 is 2.06 bits per heavy atom. The van der Waals surface area contributed by atoms with Crippen molar-refractivity contribution in [3.8, 4) is 0 Å². The lowest BCUT2D eigenvalue weighted by Crippen LogP contribution is -1.91. The Morgan fingerprint density at radius 3 is 2.75 bits per heavy atom. The number of hydrogen-bond acceptors (Lipinski definition) is 2. The van der Waals surface area contributed by atoms with E-state index in [1.807, 2.05) is 30.3 Å². The quantitative estimate of drug-likeness (QED) is 0.579. The third-order valence-corrected chi connectivity index (χ3v) is 2.29. The minimum atomic E-state index is -0.377. The van der Waals surface area contributed by atoms with Crippen molar-refractivity contribution in [1.82, 2.24) is 0 Å². The largest absolute Gasteiger partial charge is 0.269 e. The van der Waals surface area contributed by atoms with E-state index in [0.29, 0.717) is 6.42 Å². The molecule has 0 N–H and O–H groups in total. The van der Waals surface area contributed by atoms with Gasteiger partial charge in [-0.1, -0.05) is 36.4 Å². The lowest BCUT2D eigenvalue weighted by Gasteiger charge is -2.00. The molecule has 1 radical (unpaired) electrons. The lowest BCUT2D eigenvalue weighted by atomic mass is 10.0. The Bertz CT molecular complexity index is 494. The van der Waals surface area contributed by atoms with Gasteiger partial charge in [0.05, 0.1) is 4.92 Å². The normalized spacial score (nSPS) is 10.0. The molecule has 0 saturated carbocycles. The molecular formula is C13H10NO2. The van der Waals surface area contributed by atoms with Crippen molar-refractivity contribution < 1.29 is 4.92 Å². The molecule has 0 aromatic heterocycles. The van der Waals surface area contributed by atoms with Crippen LogP contribution >= 0.6 is 0 Å². The Hall–Kier alpha value is -2.16. The fourth-order valence-electron chi connectivity index (χ4n) is 1.54. The first-order valence-electron chi connectivity index (χ1n) is 4.94. The summed E-state index contributed by atoms with van der Waals surface area (Å²) >= 11 is 0. The molecule has 0 atom stereocenters. The maximum atomic E-state index is 10.6. The van der Waals surface area contributed by atoms with Crippen LogP contribution in [-0.2, 0) is 6.42 Å². The summed E-state index contributed by atoms with van der Waals surface area (Å²) in [4.78, 5) is 10.2. The third kappa shape index (κ3) is 2.45. The number of nitro benzene ring substituents is 1. The predicted molar refractivity (Wildman–Crippen MR) is 61.2 cm³/mol. The molecule has 3 nitrogen and oxygen atoms in total. The number of hydrogen-bond donors (Lipinski definition) is 0. The van der Waals surface area contributed by atoms with Gasteiger partial charge in [-0.3, -0.25) is 10.1 Å². The molecule has 0 bridgehead atoms. The van der Waals surface area contributed by atoms with Crippen molar-refractivity contribution in [3.05, 3.63) is 75.8 Å². The first-order chi connectivity index (χ1) is 7.75. The number of benzene rings is 2. The first kappa shape index (κ1) is 10.4. The minimum Gasteiger partial charge on any atom is -0.258 e. The molecule has 16 heavy (non-hydrogen) atoms. The van der Waals surface area contributed by atoms with Crippen LogP contribution in [0.3, 0.4) is 0 Å². The van der Waals surface area contributed by atoms with E-state index in [-0.39, 0.29) is 10.6 Å². The first-order valence-corrected chi connectivity index (χ1v) is 4.94. The van der Waals surface area contributed by atoms with Gasteiger partial charge in [0.25, 0.3) is 5.69 Å². The van der Waals surface area contributed by atoms with Crippen LogP contribution in [0.1, 0.15) is 11.1 Å². The van der Waals surface area contributed by atoms with Crippen LogP contribution in [0.2, 0.25) is 0 Å². The zero-order chi connectivity index (χ0) is 11.4. The summed E-state index contributed by atoms with van der Waals surface area (Å²) in [5, 5.41) is 10.6. The zero-order valence-corrected chi connectivity index (χ0v) is 8.59. The van der Waals surface area contributed by atoms with E-state index in [1.165, 1.54) is 6.07 Å². The molecule has 0 spiro atoms. The van der Waals surface area contributed by atoms with Crippen molar-refractivity contribution in [2.45, 2.75) is 6.42 Å². The van der Waals surface area contributed by atoms with Crippen LogP contribution in [0.15, 0.2) is 48.5 Å². The molecule has 0 saturated heterocycles. The highest BCUT2D eigenvalue weighted by Crippen LogP contribution is 2.15. The van der Waals surface area contributed by atoms with Gasteiger partial charge >= 0.3 is 0 Å². The molecule has 0 aliphatic carbocycles. The van der Waals surface area contributed by atoms with Crippen molar-refractivity contribution in [2.24, 2.45) is 0 Å². The van der Waals surface area contributed by atoms with Crippen LogP contribution in [0.4, 0.5) is 5.69 Å². The smallest absolute Gasteiger partial charge is 0.258 e. The molecule has 0 fully saturated rings. The third-order valence-electron chi connectivity index (χ3n) is 2.29. The average Bonchev–Trinajstić information content (AvgIpc) is 2.30. The zero-order valence-electron chi connectivity index (χ0n) is 8.59. The lowest BCUT2D eigenvalue weighted by molar-refractivity contribution is -0.384. The summed E-state index contributed by atoms with van der Waals surface area (Å²) in [6.45, 7) is 0. The highest BCUT2D eigenvalue weighted by Gasteiger charge is 2.05. The fraction of sp³-hybridized carbons (Fsp3) is 0.0769. The van der Waals surface area contributed by atoms with Gasteiger partial charge in [-0.25, -0.2) is 0 Å². The molecule has 0 aliphatic heterocycles. The number of non-ortho nitro benzene ring substituents is 1. The van der Waals surface area contributed by atoms with Crippen LogP contribution in [0, 0.1) is 16.2 Å². The van der Waals surface area contributed by atoms with Crippen molar-refractivity contribution >= 4 is 5.69 Å². The van der Waals surface area contributed by atoms with Crippen LogP contribution in [0.5, 0.6) is 0 Å². The van der Waals surface area contributed by atoms with Crippen molar-refractivity contribution in [1.29, 1.82) is 0 Å². The van der Waals surface area contributed by atoms with Gasteiger partial charge in [-0.15, -0.1) is 0 Å². The predicted octanol–water partition coefficient (Wildman–Crippen LogP) is 2.99. The molecule has 2 aromatic rings. The number of nitro groups is 1. The molecule has 0 amide bonds. The maximum Gasteiger partial charge on any atom is 0.269 e. The van der Waals surface area contributed by atoms with Crippen molar-refractivity contribution in [2.75, 3.05) is 0 Å². The van der Waals surface area contributed by atoms with Gasteiger partial charge < -0.3 is 0 Å². The fourth-order valence-corrected chi connectivity index (χ4v) is 1.54. The Kier molecular flexibility index (Phi) is 2.96. The molecule has 0 aliphatic rings. The van der Waals surface area contributed by atoms with Crippen LogP contribution in [0.25, 0.3) is 0 Å². The summed E-state index contributed by atoms with van der Waals surface area (Å²) in [5.74, 6) is 0.